The van der Waals surface area contributed by atoms with Gasteiger partial charge >= 0.3 is 11.0 Å². The minimum Gasteiger partial charge on any atom is -0.490 e. The Morgan fingerprint density at radius 2 is 1.78 bits per heavy atom. The van der Waals surface area contributed by atoms with Gasteiger partial charge in [-0.05, 0) is 80.1 Å². The number of hydrogen-bond donors (Lipinski definition) is 1. The van der Waals surface area contributed by atoms with E-state index in [1.807, 2.05) is 20.8 Å². The van der Waals surface area contributed by atoms with E-state index >= 15 is 0 Å². The van der Waals surface area contributed by atoms with Crippen LogP contribution in [0.1, 0.15) is 37.6 Å². The fourth-order valence-electron chi connectivity index (χ4n) is 2.64. The normalized spacial score (nSPS) is 11.3. The Bertz CT molecular complexity index is 1240. The van der Waals surface area contributed by atoms with Gasteiger partial charge in [0.05, 0.1) is 16.0 Å². The van der Waals surface area contributed by atoms with Crippen LogP contribution in [-0.4, -0.2) is 35.0 Å². The van der Waals surface area contributed by atoms with Gasteiger partial charge in [-0.2, -0.15) is 0 Å². The third kappa shape index (κ3) is 7.40. The van der Waals surface area contributed by atoms with Crippen LogP contribution in [0.15, 0.2) is 65.0 Å². The highest BCUT2D eigenvalue weighted by Crippen LogP contribution is 2.29. The Morgan fingerprint density at radius 1 is 1.08 bits per heavy atom. The zero-order chi connectivity index (χ0) is 26.1. The maximum Gasteiger partial charge on any atom is 0.345 e. The summed E-state index contributed by atoms with van der Waals surface area (Å²) in [6, 6.07) is 13.2. The second-order valence-electron chi connectivity index (χ2n) is 8.19. The smallest absolute Gasteiger partial charge is 0.345 e. The van der Waals surface area contributed by atoms with Crippen LogP contribution in [0.4, 0.5) is 21.5 Å². The molecular weight excluding hydrogens is 486 g/mol. The van der Waals surface area contributed by atoms with Crippen LogP contribution in [0.5, 0.6) is 5.75 Å². The van der Waals surface area contributed by atoms with E-state index in [-0.39, 0.29) is 35.2 Å². The van der Waals surface area contributed by atoms with E-state index in [2.05, 4.69) is 20.5 Å². The van der Waals surface area contributed by atoms with Crippen LogP contribution in [0.2, 0.25) is 0 Å². The summed E-state index contributed by atoms with van der Waals surface area (Å²) in [5.74, 6) is -0.0121. The predicted molar refractivity (Wildman–Crippen MR) is 134 cm³/mol. The van der Waals surface area contributed by atoms with E-state index in [4.69, 9.17) is 9.47 Å². The van der Waals surface area contributed by atoms with E-state index in [9.17, 15) is 19.7 Å². The molecule has 1 N–H and O–H groups in total. The summed E-state index contributed by atoms with van der Waals surface area (Å²) in [6.45, 7) is 5.95. The molecule has 3 rings (SSSR count). The highest BCUT2D eigenvalue weighted by Gasteiger charge is 2.26. The molecule has 188 valence electrons. The monoisotopic (exact) mass is 511 g/mol. The van der Waals surface area contributed by atoms with Gasteiger partial charge in [0, 0.05) is 11.3 Å². The number of nitrogens with one attached hydrogen (secondary N) is 1. The zero-order valence-electron chi connectivity index (χ0n) is 20.0. The Labute approximate surface area is 211 Å². The number of nitro groups is 1. The van der Waals surface area contributed by atoms with Crippen LogP contribution < -0.4 is 10.1 Å². The van der Waals surface area contributed by atoms with Crippen LogP contribution in [0.3, 0.4) is 0 Å². The van der Waals surface area contributed by atoms with Gasteiger partial charge in [0.1, 0.15) is 25.2 Å². The molecule has 0 fully saturated rings. The lowest BCUT2D eigenvalue weighted by Crippen LogP contribution is -2.27. The van der Waals surface area contributed by atoms with Gasteiger partial charge in [-0.15, -0.1) is 10.2 Å². The zero-order valence-corrected chi connectivity index (χ0v) is 20.8. The highest BCUT2D eigenvalue weighted by molar-refractivity contribution is 7.18. The Morgan fingerprint density at radius 3 is 2.39 bits per heavy atom. The molecule has 1 heterocycles. The van der Waals surface area contributed by atoms with Crippen LogP contribution in [0, 0.1) is 15.5 Å². The summed E-state index contributed by atoms with van der Waals surface area (Å²) in [7, 11) is 0. The fourth-order valence-corrected chi connectivity index (χ4v) is 3.19. The predicted octanol–water partition coefficient (Wildman–Crippen LogP) is 6.08. The largest absolute Gasteiger partial charge is 0.490 e. The lowest BCUT2D eigenvalue weighted by atomic mass is 9.91. The second kappa shape index (κ2) is 12.0. The molecule has 0 aliphatic heterocycles. The van der Waals surface area contributed by atoms with Crippen molar-refractivity contribution in [1.29, 1.82) is 0 Å². The Hall–Kier alpha value is -4.19. The first kappa shape index (κ1) is 26.4. The van der Waals surface area contributed by atoms with Crippen molar-refractivity contribution in [3.63, 3.8) is 0 Å². The summed E-state index contributed by atoms with van der Waals surface area (Å²) in [6.07, 6.45) is 1.81. The van der Waals surface area contributed by atoms with Gasteiger partial charge in [-0.3, -0.25) is 19.7 Å². The Kier molecular flexibility index (Phi) is 8.79. The third-order valence-electron chi connectivity index (χ3n) is 5.18. The SMILES string of the molecule is CCC(C)(C)C(=O)OCCOc1ccc(C(=O)Nc2ccc(/N=N/c3ncc([N+](=O)[O-])s3)cc2)cc1. The summed E-state index contributed by atoms with van der Waals surface area (Å²) in [5.41, 5.74) is 0.969. The van der Waals surface area contributed by atoms with E-state index in [0.717, 1.165) is 17.5 Å². The van der Waals surface area contributed by atoms with E-state index in [0.29, 0.717) is 29.1 Å². The molecule has 0 radical (unpaired) electrons. The molecule has 0 saturated carbocycles. The lowest BCUT2D eigenvalue weighted by Gasteiger charge is -2.20. The number of esters is 1. The average molecular weight is 512 g/mol. The summed E-state index contributed by atoms with van der Waals surface area (Å²) in [5, 5.41) is 21.4. The van der Waals surface area contributed by atoms with Crippen molar-refractivity contribution in [2.75, 3.05) is 18.5 Å². The summed E-state index contributed by atoms with van der Waals surface area (Å²) in [4.78, 5) is 38.4. The summed E-state index contributed by atoms with van der Waals surface area (Å²) >= 11 is 0.822. The van der Waals surface area contributed by atoms with Crippen molar-refractivity contribution in [2.24, 2.45) is 15.6 Å². The molecule has 1 aromatic heterocycles. The number of amides is 1. The van der Waals surface area contributed by atoms with Crippen LogP contribution >= 0.6 is 11.3 Å². The maximum atomic E-state index is 12.5. The first-order valence-electron chi connectivity index (χ1n) is 11.0. The van der Waals surface area contributed by atoms with Crippen molar-refractivity contribution in [2.45, 2.75) is 27.2 Å². The fraction of sp³-hybridized carbons (Fsp3) is 0.292. The van der Waals surface area contributed by atoms with E-state index in [1.54, 1.807) is 48.5 Å². The van der Waals surface area contributed by atoms with Gasteiger partial charge in [0.2, 0.25) is 5.13 Å². The number of hydrogen-bond acceptors (Lipinski definition) is 10. The first-order chi connectivity index (χ1) is 17.2. The van der Waals surface area contributed by atoms with E-state index < -0.39 is 10.3 Å². The number of ether oxygens (including phenoxy) is 2. The van der Waals surface area contributed by atoms with Crippen LogP contribution in [-0.2, 0) is 9.53 Å². The van der Waals surface area contributed by atoms with E-state index in [1.165, 1.54) is 0 Å². The first-order valence-corrected chi connectivity index (χ1v) is 11.8. The molecule has 2 aromatic carbocycles. The topological polar surface area (TPSA) is 145 Å². The standard InChI is InChI=1S/C24H25N5O6S/c1-4-24(2,3)22(31)35-14-13-34-19-11-5-16(6-12-19)21(30)26-17-7-9-18(10-8-17)27-28-23-25-15-20(36-23)29(32)33/h5-12,15H,4,13-14H2,1-3H3,(H,26,30)/b28-27+. The Balaban J connectivity index is 1.47. The van der Waals surface area contributed by atoms with Gasteiger partial charge in [0.25, 0.3) is 5.91 Å². The van der Waals surface area contributed by atoms with Gasteiger partial charge in [-0.25, -0.2) is 4.98 Å². The quantitative estimate of drug-likeness (QED) is 0.108. The number of thiazole rings is 1. The molecule has 0 aliphatic rings. The molecular formula is C24H25N5O6S. The molecule has 0 bridgehead atoms. The minimum atomic E-state index is -0.539. The second-order valence-corrected chi connectivity index (χ2v) is 9.17. The van der Waals surface area contributed by atoms with Crippen molar-refractivity contribution < 1.29 is 24.0 Å². The van der Waals surface area contributed by atoms with Gasteiger partial charge in [0.15, 0.2) is 0 Å². The maximum absolute atomic E-state index is 12.5. The molecule has 0 saturated heterocycles. The van der Waals surface area contributed by atoms with Gasteiger partial charge < -0.3 is 14.8 Å². The molecule has 0 spiro atoms. The number of benzene rings is 2. The molecule has 0 unspecified atom stereocenters. The highest BCUT2D eigenvalue weighted by atomic mass is 32.1. The number of nitrogens with zero attached hydrogens (tertiary/aromatic N) is 4. The van der Waals surface area contributed by atoms with Crippen LogP contribution in [0.25, 0.3) is 0 Å². The average Bonchev–Trinajstić information content (AvgIpc) is 3.36. The lowest BCUT2D eigenvalue weighted by molar-refractivity contribution is -0.380. The van der Waals surface area contributed by atoms with Crippen molar-refractivity contribution in [1.82, 2.24) is 4.98 Å². The molecule has 11 nitrogen and oxygen atoms in total. The van der Waals surface area contributed by atoms with Crippen molar-refractivity contribution in [3.8, 4) is 5.75 Å². The van der Waals surface area contributed by atoms with Crippen molar-refractivity contribution >= 4 is 44.7 Å². The number of azo groups is 1. The molecule has 0 atom stereocenters. The molecule has 1 amide bonds. The number of carbonyl (C=O) groups excluding carboxylic acids is 2. The minimum absolute atomic E-state index is 0.112. The molecule has 3 aromatic rings. The molecule has 12 heteroatoms. The number of anilines is 1. The number of carbonyl (C=O) groups is 2. The molecule has 0 aliphatic carbocycles. The molecule has 36 heavy (non-hydrogen) atoms. The third-order valence-corrected chi connectivity index (χ3v) is 6.01. The van der Waals surface area contributed by atoms with Crippen molar-refractivity contribution in [3.05, 3.63) is 70.4 Å². The number of rotatable bonds is 11. The number of aromatic nitrogens is 1. The summed E-state index contributed by atoms with van der Waals surface area (Å²) < 4.78 is 10.8. The van der Waals surface area contributed by atoms with Gasteiger partial charge in [-0.1, -0.05) is 6.92 Å².